The van der Waals surface area contributed by atoms with Crippen LogP contribution in [0.1, 0.15) is 26.8 Å². The normalized spacial score (nSPS) is 14.1. The largest absolute Gasteiger partial charge is 0.326 e. The molecular weight excluding hydrogens is 236 g/mol. The van der Waals surface area contributed by atoms with Crippen LogP contribution < -0.4 is 0 Å². The Kier molecular flexibility index (Phi) is 2.25. The van der Waals surface area contributed by atoms with E-state index in [4.69, 9.17) is 0 Å². The van der Waals surface area contributed by atoms with Crippen molar-refractivity contribution in [2.75, 3.05) is 0 Å². The lowest BCUT2D eigenvalue weighted by atomic mass is 10.3. The number of carbonyl (C=O) groups excluding carboxylic acids is 1. The number of nitrogens with zero attached hydrogens (tertiary/aromatic N) is 4. The molecule has 0 N–H and O–H groups in total. The second kappa shape index (κ2) is 3.66. The topological polar surface area (TPSA) is 51.0 Å². The Balaban J connectivity index is 1.83. The molecule has 0 saturated heterocycles. The molecule has 1 amide bonds. The van der Waals surface area contributed by atoms with Crippen LogP contribution in [0.15, 0.2) is 11.6 Å². The van der Waals surface area contributed by atoms with Gasteiger partial charge in [-0.05, 0) is 6.92 Å². The van der Waals surface area contributed by atoms with Crippen LogP contribution in [-0.2, 0) is 20.1 Å². The summed E-state index contributed by atoms with van der Waals surface area (Å²) >= 11 is 1.41. The maximum absolute atomic E-state index is 12.2. The highest BCUT2D eigenvalue weighted by molar-refractivity contribution is 7.11. The third-order valence-corrected chi connectivity index (χ3v) is 3.89. The molecule has 0 spiro atoms. The van der Waals surface area contributed by atoms with Crippen molar-refractivity contribution in [2.45, 2.75) is 20.0 Å². The predicted molar refractivity (Wildman–Crippen MR) is 63.6 cm³/mol. The van der Waals surface area contributed by atoms with Gasteiger partial charge in [0.15, 0.2) is 5.01 Å². The zero-order valence-electron chi connectivity index (χ0n) is 9.67. The lowest BCUT2D eigenvalue weighted by Gasteiger charge is -2.13. The van der Waals surface area contributed by atoms with Gasteiger partial charge in [-0.1, -0.05) is 0 Å². The number of carbonyl (C=O) groups is 1. The summed E-state index contributed by atoms with van der Waals surface area (Å²) in [6.45, 7) is 3.17. The molecule has 3 heterocycles. The minimum atomic E-state index is 0.0132. The molecule has 88 valence electrons. The Labute approximate surface area is 103 Å². The van der Waals surface area contributed by atoms with Crippen molar-refractivity contribution in [3.05, 3.63) is 33.5 Å². The first kappa shape index (κ1) is 10.5. The zero-order chi connectivity index (χ0) is 12.0. The molecule has 0 bridgehead atoms. The van der Waals surface area contributed by atoms with Crippen molar-refractivity contribution in [1.29, 1.82) is 0 Å². The summed E-state index contributed by atoms with van der Waals surface area (Å²) < 4.78 is 1.83. The molecule has 3 rings (SSSR count). The predicted octanol–water partition coefficient (Wildman–Crippen LogP) is 1.34. The SMILES string of the molecule is Cc1csc(C(=O)N2Cc3cnn(C)c3C2)n1. The number of hydrogen-bond donors (Lipinski definition) is 0. The molecule has 0 unspecified atom stereocenters. The maximum atomic E-state index is 12.2. The summed E-state index contributed by atoms with van der Waals surface area (Å²) in [4.78, 5) is 18.2. The van der Waals surface area contributed by atoms with Crippen LogP contribution in [0.2, 0.25) is 0 Å². The molecule has 2 aromatic heterocycles. The first-order valence-electron chi connectivity index (χ1n) is 5.36. The van der Waals surface area contributed by atoms with Gasteiger partial charge in [-0.2, -0.15) is 5.10 Å². The van der Waals surface area contributed by atoms with Gasteiger partial charge in [-0.15, -0.1) is 11.3 Å². The Morgan fingerprint density at radius 3 is 2.94 bits per heavy atom. The summed E-state index contributed by atoms with van der Waals surface area (Å²) in [5.74, 6) is 0.0132. The Bertz CT molecular complexity index is 586. The number of hydrogen-bond acceptors (Lipinski definition) is 4. The summed E-state index contributed by atoms with van der Waals surface area (Å²) in [5, 5.41) is 6.65. The van der Waals surface area contributed by atoms with Gasteiger partial charge in [-0.3, -0.25) is 9.48 Å². The van der Waals surface area contributed by atoms with Crippen molar-refractivity contribution in [3.8, 4) is 0 Å². The first-order valence-corrected chi connectivity index (χ1v) is 6.24. The molecule has 0 aromatic carbocycles. The van der Waals surface area contributed by atoms with Gasteiger partial charge < -0.3 is 4.90 Å². The quantitative estimate of drug-likeness (QED) is 0.765. The molecule has 0 atom stereocenters. The molecule has 0 radical (unpaired) electrons. The van der Waals surface area contributed by atoms with Gasteiger partial charge in [0.1, 0.15) is 0 Å². The lowest BCUT2D eigenvalue weighted by Crippen LogP contribution is -2.26. The van der Waals surface area contributed by atoms with Gasteiger partial charge in [0, 0.05) is 30.2 Å². The number of thiazole rings is 1. The third-order valence-electron chi connectivity index (χ3n) is 2.94. The van der Waals surface area contributed by atoms with Crippen LogP contribution in [0, 0.1) is 6.92 Å². The van der Waals surface area contributed by atoms with E-state index in [2.05, 4.69) is 10.1 Å². The number of amides is 1. The maximum Gasteiger partial charge on any atom is 0.283 e. The second-order valence-electron chi connectivity index (χ2n) is 4.20. The van der Waals surface area contributed by atoms with Crippen LogP contribution in [0.4, 0.5) is 0 Å². The molecular formula is C11H12N4OS. The van der Waals surface area contributed by atoms with E-state index in [-0.39, 0.29) is 5.91 Å². The van der Waals surface area contributed by atoms with Crippen molar-refractivity contribution < 1.29 is 4.79 Å². The van der Waals surface area contributed by atoms with Crippen LogP contribution in [0.3, 0.4) is 0 Å². The number of aromatic nitrogens is 3. The van der Waals surface area contributed by atoms with E-state index in [0.717, 1.165) is 17.0 Å². The van der Waals surface area contributed by atoms with Gasteiger partial charge in [-0.25, -0.2) is 4.98 Å². The van der Waals surface area contributed by atoms with Gasteiger partial charge in [0.2, 0.25) is 0 Å². The monoisotopic (exact) mass is 248 g/mol. The minimum absolute atomic E-state index is 0.0132. The summed E-state index contributed by atoms with van der Waals surface area (Å²) in [7, 11) is 1.90. The molecule has 6 heteroatoms. The smallest absolute Gasteiger partial charge is 0.283 e. The molecule has 1 aliphatic heterocycles. The molecule has 17 heavy (non-hydrogen) atoms. The van der Waals surface area contributed by atoms with Crippen LogP contribution in [-0.4, -0.2) is 25.6 Å². The zero-order valence-corrected chi connectivity index (χ0v) is 10.5. The van der Waals surface area contributed by atoms with E-state index < -0.39 is 0 Å². The van der Waals surface area contributed by atoms with Crippen LogP contribution >= 0.6 is 11.3 Å². The standard InChI is InChI=1S/C11H12N4OS/c1-7-6-17-10(13-7)11(16)15-4-8-3-12-14(2)9(8)5-15/h3,6H,4-5H2,1-2H3. The number of aryl methyl sites for hydroxylation is 2. The Hall–Kier alpha value is -1.69. The average Bonchev–Trinajstić information content (AvgIpc) is 2.96. The molecule has 0 fully saturated rings. The minimum Gasteiger partial charge on any atom is -0.326 e. The fourth-order valence-electron chi connectivity index (χ4n) is 2.02. The van der Waals surface area contributed by atoms with Crippen molar-refractivity contribution in [3.63, 3.8) is 0 Å². The Morgan fingerprint density at radius 1 is 1.47 bits per heavy atom. The molecule has 0 aliphatic carbocycles. The number of fused-ring (bicyclic) bond motifs is 1. The highest BCUT2D eigenvalue weighted by Gasteiger charge is 2.28. The van der Waals surface area contributed by atoms with E-state index in [9.17, 15) is 4.79 Å². The van der Waals surface area contributed by atoms with E-state index in [1.807, 2.05) is 35.1 Å². The molecule has 5 nitrogen and oxygen atoms in total. The fourth-order valence-corrected chi connectivity index (χ4v) is 2.78. The first-order chi connectivity index (χ1) is 8.15. The van der Waals surface area contributed by atoms with Crippen molar-refractivity contribution in [1.82, 2.24) is 19.7 Å². The van der Waals surface area contributed by atoms with Crippen LogP contribution in [0.5, 0.6) is 0 Å². The van der Waals surface area contributed by atoms with E-state index >= 15 is 0 Å². The van der Waals surface area contributed by atoms with E-state index in [0.29, 0.717) is 18.1 Å². The summed E-state index contributed by atoms with van der Waals surface area (Å²) in [6.07, 6.45) is 1.83. The average molecular weight is 248 g/mol. The van der Waals surface area contributed by atoms with E-state index in [1.54, 1.807) is 0 Å². The lowest BCUT2D eigenvalue weighted by molar-refractivity contribution is 0.0748. The van der Waals surface area contributed by atoms with Gasteiger partial charge >= 0.3 is 0 Å². The van der Waals surface area contributed by atoms with Gasteiger partial charge in [0.05, 0.1) is 18.4 Å². The summed E-state index contributed by atoms with van der Waals surface area (Å²) in [5.41, 5.74) is 3.15. The summed E-state index contributed by atoms with van der Waals surface area (Å²) in [6, 6.07) is 0. The third kappa shape index (κ3) is 1.64. The molecule has 2 aromatic rings. The molecule has 0 saturated carbocycles. The second-order valence-corrected chi connectivity index (χ2v) is 5.05. The highest BCUT2D eigenvalue weighted by atomic mass is 32.1. The van der Waals surface area contributed by atoms with Crippen molar-refractivity contribution in [2.24, 2.45) is 7.05 Å². The highest BCUT2D eigenvalue weighted by Crippen LogP contribution is 2.24. The van der Waals surface area contributed by atoms with Crippen molar-refractivity contribution >= 4 is 17.2 Å². The van der Waals surface area contributed by atoms with E-state index in [1.165, 1.54) is 11.3 Å². The van der Waals surface area contributed by atoms with Crippen LogP contribution in [0.25, 0.3) is 0 Å². The molecule has 1 aliphatic rings. The fraction of sp³-hybridized carbons (Fsp3) is 0.364. The Morgan fingerprint density at radius 2 is 2.29 bits per heavy atom. The van der Waals surface area contributed by atoms with Gasteiger partial charge in [0.25, 0.3) is 5.91 Å². The number of rotatable bonds is 1.